The highest BCUT2D eigenvalue weighted by atomic mass is 16.5. The molecule has 0 unspecified atom stereocenters. The van der Waals surface area contributed by atoms with E-state index in [1.165, 1.54) is 10.8 Å². The number of hydrogen-bond acceptors (Lipinski definition) is 2. The molecule has 0 N–H and O–H groups in total. The molecule has 0 amide bonds. The molecule has 188 valence electrons. The van der Waals surface area contributed by atoms with Crippen LogP contribution in [-0.2, 0) is 0 Å². The van der Waals surface area contributed by atoms with Crippen molar-refractivity contribution in [1.29, 1.82) is 0 Å². The maximum Gasteiger partial charge on any atom is 0.138 e. The van der Waals surface area contributed by atoms with Gasteiger partial charge in [-0.15, -0.1) is 0 Å². The van der Waals surface area contributed by atoms with E-state index < -0.39 is 0 Å². The maximum atomic E-state index is 6.49. The summed E-state index contributed by atoms with van der Waals surface area (Å²) in [6, 6.07) is 46.3. The van der Waals surface area contributed by atoms with Crippen molar-refractivity contribution in [2.24, 2.45) is 0 Å². The Labute approximate surface area is 232 Å². The second kappa shape index (κ2) is 9.11. The number of hydrogen-bond donors (Lipinski definition) is 0. The standard InChI is InChI=1S/C37H24N2O/c1-3-11-25(12-4-1)28-23-32(26-13-5-2-6-14-26)38-36(24-28)39-33-17-9-8-16-29(33)30-21-22-35-31(37(30)39)20-19-27-15-7-10-18-34(27)40-35/h1-24H. The van der Waals surface area contributed by atoms with Crippen molar-refractivity contribution in [3.8, 4) is 39.7 Å². The summed E-state index contributed by atoms with van der Waals surface area (Å²) in [5.74, 6) is 2.56. The third kappa shape index (κ3) is 3.63. The molecule has 0 aliphatic carbocycles. The van der Waals surface area contributed by atoms with Gasteiger partial charge < -0.3 is 4.74 Å². The first-order valence-electron chi connectivity index (χ1n) is 13.5. The minimum atomic E-state index is 0.834. The smallest absolute Gasteiger partial charge is 0.138 e. The Kier molecular flexibility index (Phi) is 5.14. The second-order valence-electron chi connectivity index (χ2n) is 10.0. The van der Waals surface area contributed by atoms with Gasteiger partial charge in [-0.25, -0.2) is 4.98 Å². The summed E-state index contributed by atoms with van der Waals surface area (Å²) in [7, 11) is 0. The lowest BCUT2D eigenvalue weighted by atomic mass is 10.0. The molecule has 0 radical (unpaired) electrons. The SMILES string of the molecule is C1=Cc2c(ccc3c4ccccc4n(-c4cc(-c5ccccc5)cc(-c5ccccc5)n4)c23)Oc2ccccc21. The Morgan fingerprint density at radius 3 is 2.10 bits per heavy atom. The Hall–Kier alpha value is -5.41. The van der Waals surface area contributed by atoms with Crippen LogP contribution in [-0.4, -0.2) is 9.55 Å². The molecule has 0 atom stereocenters. The van der Waals surface area contributed by atoms with Crippen molar-refractivity contribution in [1.82, 2.24) is 9.55 Å². The molecule has 3 heterocycles. The number of fused-ring (bicyclic) bond motifs is 6. The number of rotatable bonds is 3. The second-order valence-corrected chi connectivity index (χ2v) is 10.0. The molecule has 0 fully saturated rings. The van der Waals surface area contributed by atoms with Gasteiger partial charge >= 0.3 is 0 Å². The molecule has 3 heteroatoms. The minimum Gasteiger partial charge on any atom is -0.456 e. The third-order valence-electron chi connectivity index (χ3n) is 7.62. The molecule has 1 aliphatic rings. The van der Waals surface area contributed by atoms with E-state index in [-0.39, 0.29) is 0 Å². The first kappa shape index (κ1) is 22.6. The van der Waals surface area contributed by atoms with Crippen molar-refractivity contribution in [2.45, 2.75) is 0 Å². The van der Waals surface area contributed by atoms with E-state index in [0.29, 0.717) is 0 Å². The van der Waals surface area contributed by atoms with E-state index in [1.807, 2.05) is 24.3 Å². The van der Waals surface area contributed by atoms with Gasteiger partial charge in [-0.05, 0) is 53.6 Å². The molecular formula is C37H24N2O. The topological polar surface area (TPSA) is 27.1 Å². The first-order chi connectivity index (χ1) is 19.8. The monoisotopic (exact) mass is 512 g/mol. The summed E-state index contributed by atoms with van der Waals surface area (Å²) >= 11 is 0. The summed E-state index contributed by atoms with van der Waals surface area (Å²) < 4.78 is 8.78. The highest BCUT2D eigenvalue weighted by Gasteiger charge is 2.21. The Morgan fingerprint density at radius 1 is 0.525 bits per heavy atom. The number of nitrogens with zero attached hydrogens (tertiary/aromatic N) is 2. The molecular weight excluding hydrogens is 488 g/mol. The molecule has 0 bridgehead atoms. The highest BCUT2D eigenvalue weighted by molar-refractivity contribution is 6.13. The fourth-order valence-corrected chi connectivity index (χ4v) is 5.74. The summed E-state index contributed by atoms with van der Waals surface area (Å²) in [6.07, 6.45) is 4.32. The van der Waals surface area contributed by atoms with Crippen LogP contribution in [0.25, 0.3) is 62.2 Å². The van der Waals surface area contributed by atoms with Gasteiger partial charge in [-0.1, -0.05) is 103 Å². The number of aromatic nitrogens is 2. The summed E-state index contributed by atoms with van der Waals surface area (Å²) in [4.78, 5) is 5.28. The van der Waals surface area contributed by atoms with Gasteiger partial charge in [0.2, 0.25) is 0 Å². The van der Waals surface area contributed by atoms with Gasteiger partial charge in [-0.2, -0.15) is 0 Å². The van der Waals surface area contributed by atoms with E-state index in [0.717, 1.165) is 61.9 Å². The molecule has 40 heavy (non-hydrogen) atoms. The first-order valence-corrected chi connectivity index (χ1v) is 13.5. The average molecular weight is 513 g/mol. The molecule has 5 aromatic carbocycles. The van der Waals surface area contributed by atoms with E-state index in [9.17, 15) is 0 Å². The fraction of sp³-hybridized carbons (Fsp3) is 0. The maximum absolute atomic E-state index is 6.49. The zero-order valence-corrected chi connectivity index (χ0v) is 21.7. The zero-order valence-electron chi connectivity index (χ0n) is 21.7. The van der Waals surface area contributed by atoms with Crippen molar-refractivity contribution >= 4 is 34.0 Å². The minimum absolute atomic E-state index is 0.834. The Bertz CT molecular complexity index is 2010. The van der Waals surface area contributed by atoms with Crippen LogP contribution in [0.2, 0.25) is 0 Å². The van der Waals surface area contributed by atoms with Crippen LogP contribution >= 0.6 is 0 Å². The molecule has 0 spiro atoms. The van der Waals surface area contributed by atoms with E-state index >= 15 is 0 Å². The van der Waals surface area contributed by atoms with Crippen LogP contribution in [0.4, 0.5) is 0 Å². The third-order valence-corrected chi connectivity index (χ3v) is 7.62. The number of pyridine rings is 1. The fourth-order valence-electron chi connectivity index (χ4n) is 5.74. The lowest BCUT2D eigenvalue weighted by molar-refractivity contribution is 0.482. The van der Waals surface area contributed by atoms with Crippen molar-refractivity contribution in [2.75, 3.05) is 0 Å². The number of ether oxygens (including phenoxy) is 1. The largest absolute Gasteiger partial charge is 0.456 e. The van der Waals surface area contributed by atoms with Gasteiger partial charge in [0.05, 0.1) is 16.7 Å². The average Bonchev–Trinajstić information content (AvgIpc) is 3.24. The molecule has 7 aromatic rings. The molecule has 1 aliphatic heterocycles. The lowest BCUT2D eigenvalue weighted by Crippen LogP contribution is -2.01. The normalized spacial score (nSPS) is 12.1. The Balaban J connectivity index is 1.46. The number of benzene rings is 5. The van der Waals surface area contributed by atoms with E-state index in [4.69, 9.17) is 9.72 Å². The van der Waals surface area contributed by atoms with Crippen LogP contribution in [0.5, 0.6) is 11.5 Å². The van der Waals surface area contributed by atoms with Gasteiger partial charge in [0.1, 0.15) is 17.3 Å². The summed E-state index contributed by atoms with van der Waals surface area (Å²) in [6.45, 7) is 0. The molecule has 0 saturated heterocycles. The summed E-state index contributed by atoms with van der Waals surface area (Å²) in [5.41, 5.74) is 8.59. The predicted molar refractivity (Wildman–Crippen MR) is 165 cm³/mol. The van der Waals surface area contributed by atoms with Crippen LogP contribution in [0, 0.1) is 0 Å². The molecule has 3 nitrogen and oxygen atoms in total. The van der Waals surface area contributed by atoms with Crippen molar-refractivity contribution in [3.63, 3.8) is 0 Å². The van der Waals surface area contributed by atoms with Crippen LogP contribution < -0.4 is 4.74 Å². The van der Waals surface area contributed by atoms with Crippen LogP contribution in [0.3, 0.4) is 0 Å². The van der Waals surface area contributed by atoms with Crippen molar-refractivity contribution < 1.29 is 4.74 Å². The van der Waals surface area contributed by atoms with Crippen molar-refractivity contribution in [3.05, 3.63) is 145 Å². The quantitative estimate of drug-likeness (QED) is 0.236. The van der Waals surface area contributed by atoms with Gasteiger partial charge in [-0.3, -0.25) is 4.57 Å². The van der Waals surface area contributed by atoms with Gasteiger partial charge in [0, 0.05) is 27.5 Å². The van der Waals surface area contributed by atoms with Crippen LogP contribution in [0.15, 0.2) is 133 Å². The number of para-hydroxylation sites is 2. The Morgan fingerprint density at radius 2 is 1.25 bits per heavy atom. The molecule has 2 aromatic heterocycles. The van der Waals surface area contributed by atoms with E-state index in [2.05, 4.69) is 126 Å². The highest BCUT2D eigenvalue weighted by Crippen LogP contribution is 2.42. The summed E-state index contributed by atoms with van der Waals surface area (Å²) in [5, 5.41) is 2.35. The van der Waals surface area contributed by atoms with E-state index in [1.54, 1.807) is 0 Å². The van der Waals surface area contributed by atoms with Crippen LogP contribution in [0.1, 0.15) is 11.1 Å². The molecule has 8 rings (SSSR count). The zero-order chi connectivity index (χ0) is 26.5. The van der Waals surface area contributed by atoms with Gasteiger partial charge in [0.25, 0.3) is 0 Å². The molecule has 0 saturated carbocycles. The lowest BCUT2D eigenvalue weighted by Gasteiger charge is -2.15. The predicted octanol–water partition coefficient (Wildman–Crippen LogP) is 9.79. The van der Waals surface area contributed by atoms with Gasteiger partial charge in [0.15, 0.2) is 0 Å².